The summed E-state index contributed by atoms with van der Waals surface area (Å²) in [4.78, 5) is 0. The van der Waals surface area contributed by atoms with Crippen LogP contribution in [0.5, 0.6) is 5.75 Å². The molecule has 2 N–H and O–H groups in total. The third kappa shape index (κ3) is 7.77. The Morgan fingerprint density at radius 1 is 1.18 bits per heavy atom. The number of benzene rings is 1. The van der Waals surface area contributed by atoms with Gasteiger partial charge in [-0.15, -0.1) is 0 Å². The lowest BCUT2D eigenvalue weighted by Gasteiger charge is -2.07. The van der Waals surface area contributed by atoms with Gasteiger partial charge in [0, 0.05) is 0 Å². The molecule has 0 amide bonds. The van der Waals surface area contributed by atoms with Gasteiger partial charge in [0.1, 0.15) is 5.75 Å². The Balaban J connectivity index is 1.88. The van der Waals surface area contributed by atoms with Gasteiger partial charge in [0.05, 0.1) is 12.7 Å². The second-order valence-electron chi connectivity index (χ2n) is 4.26. The van der Waals surface area contributed by atoms with Crippen LogP contribution in [-0.4, -0.2) is 30.9 Å². The molecule has 1 rings (SSSR count). The van der Waals surface area contributed by atoms with Crippen molar-refractivity contribution in [2.75, 3.05) is 19.7 Å². The fourth-order valence-corrected chi connectivity index (χ4v) is 1.55. The number of aliphatic hydroxyl groups is 1. The molecule has 0 saturated heterocycles. The third-order valence-electron chi connectivity index (χ3n) is 2.49. The molecular formula is C14H23NO2. The Labute approximate surface area is 104 Å². The fourth-order valence-electron chi connectivity index (χ4n) is 1.55. The van der Waals surface area contributed by atoms with Gasteiger partial charge in [0.15, 0.2) is 0 Å². The van der Waals surface area contributed by atoms with Gasteiger partial charge >= 0.3 is 0 Å². The van der Waals surface area contributed by atoms with E-state index in [4.69, 9.17) is 9.84 Å². The second kappa shape index (κ2) is 9.02. The van der Waals surface area contributed by atoms with Crippen molar-refractivity contribution in [3.8, 4) is 5.75 Å². The highest BCUT2D eigenvalue weighted by Crippen LogP contribution is 2.07. The molecule has 3 heteroatoms. The molecule has 3 nitrogen and oxygen atoms in total. The predicted molar refractivity (Wildman–Crippen MR) is 70.3 cm³/mol. The van der Waals surface area contributed by atoms with Crippen molar-refractivity contribution >= 4 is 0 Å². The van der Waals surface area contributed by atoms with Crippen LogP contribution in [0.4, 0.5) is 0 Å². The Morgan fingerprint density at radius 2 is 1.88 bits per heavy atom. The van der Waals surface area contributed by atoms with Crippen LogP contribution in [-0.2, 0) is 0 Å². The highest BCUT2D eigenvalue weighted by molar-refractivity contribution is 5.20. The Kier molecular flexibility index (Phi) is 7.43. The molecular weight excluding hydrogens is 214 g/mol. The minimum absolute atomic E-state index is 0.182. The summed E-state index contributed by atoms with van der Waals surface area (Å²) in [6, 6.07) is 9.87. The van der Waals surface area contributed by atoms with Gasteiger partial charge in [0.25, 0.3) is 0 Å². The highest BCUT2D eigenvalue weighted by atomic mass is 16.5. The van der Waals surface area contributed by atoms with Gasteiger partial charge in [-0.25, -0.2) is 0 Å². The van der Waals surface area contributed by atoms with Crippen LogP contribution in [0.25, 0.3) is 0 Å². The quantitative estimate of drug-likeness (QED) is 0.647. The number of para-hydroxylation sites is 1. The molecule has 96 valence electrons. The monoisotopic (exact) mass is 237 g/mol. The van der Waals surface area contributed by atoms with E-state index >= 15 is 0 Å². The van der Waals surface area contributed by atoms with Crippen LogP contribution < -0.4 is 10.1 Å². The van der Waals surface area contributed by atoms with E-state index < -0.39 is 0 Å². The van der Waals surface area contributed by atoms with E-state index in [9.17, 15) is 0 Å². The first-order valence-electron chi connectivity index (χ1n) is 6.35. The molecule has 17 heavy (non-hydrogen) atoms. The summed E-state index contributed by atoms with van der Waals surface area (Å²) in [6.45, 7) is 4.50. The van der Waals surface area contributed by atoms with Crippen molar-refractivity contribution in [3.05, 3.63) is 30.3 Å². The highest BCUT2D eigenvalue weighted by Gasteiger charge is 1.95. The lowest BCUT2D eigenvalue weighted by molar-refractivity contribution is 0.181. The molecule has 1 unspecified atom stereocenters. The van der Waals surface area contributed by atoms with Crippen LogP contribution in [0.2, 0.25) is 0 Å². The maximum absolute atomic E-state index is 9.07. The van der Waals surface area contributed by atoms with Crippen LogP contribution in [0, 0.1) is 0 Å². The van der Waals surface area contributed by atoms with E-state index in [0.717, 1.165) is 44.7 Å². The molecule has 1 atom stereocenters. The molecule has 0 aliphatic carbocycles. The molecule has 0 aliphatic rings. The zero-order valence-corrected chi connectivity index (χ0v) is 10.6. The number of hydrogen-bond acceptors (Lipinski definition) is 3. The Bertz CT molecular complexity index is 275. The topological polar surface area (TPSA) is 41.5 Å². The minimum Gasteiger partial charge on any atom is -0.494 e. The molecule has 0 bridgehead atoms. The maximum Gasteiger partial charge on any atom is 0.119 e. The Morgan fingerprint density at radius 3 is 2.59 bits per heavy atom. The largest absolute Gasteiger partial charge is 0.494 e. The molecule has 0 aliphatic heterocycles. The van der Waals surface area contributed by atoms with Crippen molar-refractivity contribution < 1.29 is 9.84 Å². The standard InChI is InChI=1S/C14H23NO2/c1-13(16)7-5-10-15-11-6-12-17-14-8-3-2-4-9-14/h2-4,8-9,13,15-16H,5-7,10-12H2,1H3. The van der Waals surface area contributed by atoms with Gasteiger partial charge < -0.3 is 15.2 Å². The summed E-state index contributed by atoms with van der Waals surface area (Å²) >= 11 is 0. The van der Waals surface area contributed by atoms with Crippen LogP contribution in [0.1, 0.15) is 26.2 Å². The lowest BCUT2D eigenvalue weighted by Crippen LogP contribution is -2.19. The fraction of sp³-hybridized carbons (Fsp3) is 0.571. The van der Waals surface area contributed by atoms with Crippen molar-refractivity contribution in [1.29, 1.82) is 0 Å². The van der Waals surface area contributed by atoms with E-state index in [1.165, 1.54) is 0 Å². The summed E-state index contributed by atoms with van der Waals surface area (Å²) < 4.78 is 5.57. The average molecular weight is 237 g/mol. The number of ether oxygens (including phenoxy) is 1. The van der Waals surface area contributed by atoms with Gasteiger partial charge in [-0.05, 0) is 51.4 Å². The zero-order chi connectivity index (χ0) is 12.3. The Hall–Kier alpha value is -1.06. The molecule has 0 radical (unpaired) electrons. The van der Waals surface area contributed by atoms with Crippen LogP contribution in [0.15, 0.2) is 30.3 Å². The first kappa shape index (κ1) is 14.0. The van der Waals surface area contributed by atoms with E-state index in [2.05, 4.69) is 5.32 Å². The minimum atomic E-state index is -0.182. The SMILES string of the molecule is CC(O)CCCNCCCOc1ccccc1. The van der Waals surface area contributed by atoms with Crippen LogP contribution in [0.3, 0.4) is 0 Å². The predicted octanol–water partition coefficient (Wildman–Crippen LogP) is 2.21. The van der Waals surface area contributed by atoms with E-state index in [1.54, 1.807) is 0 Å². The number of hydrogen-bond donors (Lipinski definition) is 2. The average Bonchev–Trinajstić information content (AvgIpc) is 2.33. The van der Waals surface area contributed by atoms with E-state index in [-0.39, 0.29) is 6.10 Å². The summed E-state index contributed by atoms with van der Waals surface area (Å²) in [7, 11) is 0. The number of nitrogens with one attached hydrogen (secondary N) is 1. The molecule has 0 heterocycles. The molecule has 1 aromatic carbocycles. The third-order valence-corrected chi connectivity index (χ3v) is 2.49. The molecule has 1 aromatic rings. The number of rotatable bonds is 9. The van der Waals surface area contributed by atoms with Crippen molar-refractivity contribution in [2.45, 2.75) is 32.3 Å². The van der Waals surface area contributed by atoms with Crippen molar-refractivity contribution in [1.82, 2.24) is 5.32 Å². The molecule has 0 saturated carbocycles. The van der Waals surface area contributed by atoms with Gasteiger partial charge in [-0.3, -0.25) is 0 Å². The van der Waals surface area contributed by atoms with E-state index in [0.29, 0.717) is 0 Å². The second-order valence-corrected chi connectivity index (χ2v) is 4.26. The number of aliphatic hydroxyl groups excluding tert-OH is 1. The summed E-state index contributed by atoms with van der Waals surface area (Å²) in [5, 5.41) is 12.4. The molecule has 0 fully saturated rings. The molecule has 0 aromatic heterocycles. The van der Waals surface area contributed by atoms with Gasteiger partial charge in [-0.1, -0.05) is 18.2 Å². The first-order valence-corrected chi connectivity index (χ1v) is 6.35. The normalized spacial score (nSPS) is 12.4. The summed E-state index contributed by atoms with van der Waals surface area (Å²) in [6.07, 6.45) is 2.71. The van der Waals surface area contributed by atoms with Crippen molar-refractivity contribution in [2.24, 2.45) is 0 Å². The van der Waals surface area contributed by atoms with Crippen molar-refractivity contribution in [3.63, 3.8) is 0 Å². The lowest BCUT2D eigenvalue weighted by atomic mass is 10.2. The maximum atomic E-state index is 9.07. The van der Waals surface area contributed by atoms with Gasteiger partial charge in [-0.2, -0.15) is 0 Å². The first-order chi connectivity index (χ1) is 8.29. The molecule has 0 spiro atoms. The summed E-state index contributed by atoms with van der Waals surface area (Å²) in [5.74, 6) is 0.932. The smallest absolute Gasteiger partial charge is 0.119 e. The van der Waals surface area contributed by atoms with Gasteiger partial charge in [0.2, 0.25) is 0 Å². The zero-order valence-electron chi connectivity index (χ0n) is 10.6. The van der Waals surface area contributed by atoms with Crippen LogP contribution >= 0.6 is 0 Å². The summed E-state index contributed by atoms with van der Waals surface area (Å²) in [5.41, 5.74) is 0. The van der Waals surface area contributed by atoms with E-state index in [1.807, 2.05) is 37.3 Å².